The highest BCUT2D eigenvalue weighted by molar-refractivity contribution is 5.80. The first-order valence-corrected chi connectivity index (χ1v) is 6.21. The van der Waals surface area contributed by atoms with Gasteiger partial charge in [0.2, 0.25) is 6.35 Å². The molecule has 0 bridgehead atoms. The van der Waals surface area contributed by atoms with Crippen LogP contribution < -0.4 is 4.90 Å². The molecule has 1 N–H and O–H groups in total. The van der Waals surface area contributed by atoms with E-state index in [1.54, 1.807) is 16.2 Å². The molecule has 0 spiro atoms. The van der Waals surface area contributed by atoms with Crippen molar-refractivity contribution in [3.8, 4) is 0 Å². The lowest BCUT2D eigenvalue weighted by Gasteiger charge is -2.25. The highest BCUT2D eigenvalue weighted by Crippen LogP contribution is 2.21. The molecular formula is C15H15N3O. The lowest BCUT2D eigenvalue weighted by molar-refractivity contribution is 0.0212. The normalized spacial score (nSPS) is 18.1. The highest BCUT2D eigenvalue weighted by Gasteiger charge is 2.26. The summed E-state index contributed by atoms with van der Waals surface area (Å²) in [6.45, 7) is 0.585. The first-order valence-electron chi connectivity index (χ1n) is 6.21. The van der Waals surface area contributed by atoms with Gasteiger partial charge >= 0.3 is 0 Å². The smallest absolute Gasteiger partial charge is 0.228 e. The van der Waals surface area contributed by atoms with E-state index in [2.05, 4.69) is 5.10 Å². The van der Waals surface area contributed by atoms with Gasteiger partial charge in [0.15, 0.2) is 0 Å². The molecule has 4 nitrogen and oxygen atoms in total. The van der Waals surface area contributed by atoms with Gasteiger partial charge < -0.3 is 5.11 Å². The van der Waals surface area contributed by atoms with Crippen LogP contribution in [0.5, 0.6) is 0 Å². The molecule has 19 heavy (non-hydrogen) atoms. The monoisotopic (exact) mass is 253 g/mol. The van der Waals surface area contributed by atoms with Crippen molar-refractivity contribution in [3.63, 3.8) is 0 Å². The van der Waals surface area contributed by atoms with Crippen LogP contribution >= 0.6 is 0 Å². The van der Waals surface area contributed by atoms with E-state index >= 15 is 0 Å². The van der Waals surface area contributed by atoms with Gasteiger partial charge in [0.1, 0.15) is 6.34 Å². The number of hydrazone groups is 1. The second kappa shape index (κ2) is 5.12. The minimum atomic E-state index is -0.761. The molecule has 0 aliphatic carbocycles. The van der Waals surface area contributed by atoms with Gasteiger partial charge in [-0.1, -0.05) is 48.5 Å². The molecule has 4 heteroatoms. The molecule has 1 unspecified atom stereocenters. The Labute approximate surface area is 112 Å². The van der Waals surface area contributed by atoms with Crippen molar-refractivity contribution >= 4 is 12.0 Å². The summed E-state index contributed by atoms with van der Waals surface area (Å²) < 4.78 is 0. The molecule has 0 amide bonds. The standard InChI is InChI=1S/C15H15N3O/c19-15-17(14-9-5-2-6-10-14)12-16-18(15)11-13-7-3-1-4-8-13/h1-10,12,15,19H,11H2. The fourth-order valence-electron chi connectivity index (χ4n) is 2.08. The predicted octanol–water partition coefficient (Wildman–Crippen LogP) is 2.23. The van der Waals surface area contributed by atoms with Crippen LogP contribution in [0.4, 0.5) is 5.69 Å². The Morgan fingerprint density at radius 3 is 2.26 bits per heavy atom. The second-order valence-electron chi connectivity index (χ2n) is 4.40. The molecule has 0 saturated heterocycles. The van der Waals surface area contributed by atoms with E-state index in [1.807, 2.05) is 60.7 Å². The molecule has 1 heterocycles. The Morgan fingerprint density at radius 2 is 1.58 bits per heavy atom. The minimum absolute atomic E-state index is 0.585. The summed E-state index contributed by atoms with van der Waals surface area (Å²) in [7, 11) is 0. The zero-order valence-electron chi connectivity index (χ0n) is 10.4. The van der Waals surface area contributed by atoms with Crippen LogP contribution in [0.25, 0.3) is 0 Å². The molecule has 2 aromatic carbocycles. The molecule has 1 atom stereocenters. The summed E-state index contributed by atoms with van der Waals surface area (Å²) in [5, 5.41) is 16.2. The largest absolute Gasteiger partial charge is 0.355 e. The van der Waals surface area contributed by atoms with Gasteiger partial charge in [-0.25, -0.2) is 5.01 Å². The van der Waals surface area contributed by atoms with E-state index in [9.17, 15) is 5.11 Å². The first-order chi connectivity index (χ1) is 9.34. The van der Waals surface area contributed by atoms with Gasteiger partial charge in [-0.15, -0.1) is 0 Å². The van der Waals surface area contributed by atoms with Gasteiger partial charge in [0.25, 0.3) is 0 Å². The fraction of sp³-hybridized carbons (Fsp3) is 0.133. The number of anilines is 1. The average Bonchev–Trinajstić information content (AvgIpc) is 2.82. The number of rotatable bonds is 3. The maximum Gasteiger partial charge on any atom is 0.228 e. The number of benzene rings is 2. The third kappa shape index (κ3) is 2.44. The molecule has 0 fully saturated rings. The lowest BCUT2D eigenvalue weighted by Crippen LogP contribution is -2.39. The predicted molar refractivity (Wildman–Crippen MR) is 75.4 cm³/mol. The third-order valence-electron chi connectivity index (χ3n) is 3.08. The summed E-state index contributed by atoms with van der Waals surface area (Å²) in [5.41, 5.74) is 2.04. The molecule has 3 rings (SSSR count). The number of aliphatic hydroxyl groups is 1. The van der Waals surface area contributed by atoms with Crippen LogP contribution in [0.2, 0.25) is 0 Å². The molecule has 96 valence electrons. The zero-order valence-corrected chi connectivity index (χ0v) is 10.4. The van der Waals surface area contributed by atoms with Gasteiger partial charge in [-0.2, -0.15) is 5.10 Å². The van der Waals surface area contributed by atoms with Crippen molar-refractivity contribution in [1.82, 2.24) is 5.01 Å². The molecular weight excluding hydrogens is 238 g/mol. The van der Waals surface area contributed by atoms with E-state index in [-0.39, 0.29) is 0 Å². The van der Waals surface area contributed by atoms with Crippen molar-refractivity contribution in [3.05, 3.63) is 66.2 Å². The summed E-state index contributed by atoms with van der Waals surface area (Å²) in [6, 6.07) is 19.7. The van der Waals surface area contributed by atoms with Crippen LogP contribution in [0.15, 0.2) is 65.8 Å². The van der Waals surface area contributed by atoms with Crippen LogP contribution in [-0.2, 0) is 6.54 Å². The van der Waals surface area contributed by atoms with Crippen LogP contribution in [0.3, 0.4) is 0 Å². The summed E-state index contributed by atoms with van der Waals surface area (Å²) >= 11 is 0. The summed E-state index contributed by atoms with van der Waals surface area (Å²) in [6.07, 6.45) is 0.894. The summed E-state index contributed by atoms with van der Waals surface area (Å²) in [5.74, 6) is 0. The molecule has 0 aromatic heterocycles. The van der Waals surface area contributed by atoms with Gasteiger partial charge in [0, 0.05) is 5.69 Å². The molecule has 2 aromatic rings. The third-order valence-corrected chi connectivity index (χ3v) is 3.08. The number of hydrogen-bond donors (Lipinski definition) is 1. The SMILES string of the molecule is OC1N(Cc2ccccc2)N=CN1c1ccccc1. The van der Waals surface area contributed by atoms with E-state index < -0.39 is 6.35 Å². The van der Waals surface area contributed by atoms with Gasteiger partial charge in [0.05, 0.1) is 6.54 Å². The lowest BCUT2D eigenvalue weighted by atomic mass is 10.2. The fourth-order valence-corrected chi connectivity index (χ4v) is 2.08. The topological polar surface area (TPSA) is 39.1 Å². The van der Waals surface area contributed by atoms with Crippen molar-refractivity contribution < 1.29 is 5.11 Å². The minimum Gasteiger partial charge on any atom is -0.355 e. The zero-order chi connectivity index (χ0) is 13.1. The Balaban J connectivity index is 1.73. The van der Waals surface area contributed by atoms with Crippen LogP contribution in [-0.4, -0.2) is 22.8 Å². The van der Waals surface area contributed by atoms with Crippen molar-refractivity contribution in [2.45, 2.75) is 12.9 Å². The van der Waals surface area contributed by atoms with E-state index in [0.717, 1.165) is 11.3 Å². The summed E-state index contributed by atoms with van der Waals surface area (Å²) in [4.78, 5) is 1.74. The van der Waals surface area contributed by atoms with Gasteiger partial charge in [-0.05, 0) is 17.7 Å². The van der Waals surface area contributed by atoms with Crippen molar-refractivity contribution in [2.75, 3.05) is 4.90 Å². The molecule has 1 aliphatic heterocycles. The molecule has 1 aliphatic rings. The van der Waals surface area contributed by atoms with E-state index in [4.69, 9.17) is 0 Å². The maximum absolute atomic E-state index is 10.3. The number of hydrogen-bond acceptors (Lipinski definition) is 4. The molecule has 0 saturated carbocycles. The Morgan fingerprint density at radius 1 is 0.947 bits per heavy atom. The van der Waals surface area contributed by atoms with Crippen LogP contribution in [0.1, 0.15) is 5.56 Å². The van der Waals surface area contributed by atoms with Crippen molar-refractivity contribution in [1.29, 1.82) is 0 Å². The second-order valence-corrected chi connectivity index (χ2v) is 4.40. The number of nitrogens with zero attached hydrogens (tertiary/aromatic N) is 3. The maximum atomic E-state index is 10.3. The quantitative estimate of drug-likeness (QED) is 0.911. The number of para-hydroxylation sites is 1. The Kier molecular flexibility index (Phi) is 3.16. The van der Waals surface area contributed by atoms with E-state index in [0.29, 0.717) is 6.54 Å². The Hall–Kier alpha value is -2.33. The van der Waals surface area contributed by atoms with Gasteiger partial charge in [-0.3, -0.25) is 4.90 Å². The van der Waals surface area contributed by atoms with E-state index in [1.165, 1.54) is 0 Å². The number of aliphatic hydroxyl groups excluding tert-OH is 1. The average molecular weight is 253 g/mol. The van der Waals surface area contributed by atoms with Crippen LogP contribution in [0, 0.1) is 0 Å². The Bertz CT molecular complexity index is 556. The highest BCUT2D eigenvalue weighted by atomic mass is 16.3. The van der Waals surface area contributed by atoms with Crippen molar-refractivity contribution in [2.24, 2.45) is 5.10 Å². The first kappa shape index (κ1) is 11.7. The molecule has 0 radical (unpaired) electrons.